The van der Waals surface area contributed by atoms with Crippen LogP contribution in [0.2, 0.25) is 0 Å². The molecule has 23 heavy (non-hydrogen) atoms. The van der Waals surface area contributed by atoms with Crippen molar-refractivity contribution in [2.45, 2.75) is 13.5 Å². The van der Waals surface area contributed by atoms with Crippen molar-refractivity contribution in [3.63, 3.8) is 0 Å². The van der Waals surface area contributed by atoms with Gasteiger partial charge in [-0.05, 0) is 24.6 Å². The van der Waals surface area contributed by atoms with Gasteiger partial charge in [-0.15, -0.1) is 0 Å². The maximum absolute atomic E-state index is 8.67. The van der Waals surface area contributed by atoms with Gasteiger partial charge in [-0.25, -0.2) is 8.42 Å². The van der Waals surface area contributed by atoms with Crippen LogP contribution in [0.5, 0.6) is 0 Å². The lowest BCUT2D eigenvalue weighted by Gasteiger charge is -2.22. The Bertz CT molecular complexity index is 733. The first-order valence-corrected chi connectivity index (χ1v) is 8.12. The summed E-state index contributed by atoms with van der Waals surface area (Å²) in [5, 5.41) is 8.67. The highest BCUT2D eigenvalue weighted by atomic mass is 32.3. The largest absolute Gasteiger partial charge is 0.726 e. The van der Waals surface area contributed by atoms with Crippen LogP contribution in [-0.2, 0) is 16.9 Å². The van der Waals surface area contributed by atoms with Gasteiger partial charge in [0.1, 0.15) is 0 Å². The number of anilines is 1. The monoisotopic (exact) mass is 335 g/mol. The molecule has 2 aromatic rings. The molecule has 0 aliphatic heterocycles. The van der Waals surface area contributed by atoms with E-state index in [0.717, 1.165) is 18.8 Å². The van der Waals surface area contributed by atoms with E-state index >= 15 is 0 Å². The molecule has 0 aliphatic carbocycles. The van der Waals surface area contributed by atoms with Crippen molar-refractivity contribution in [1.82, 2.24) is 0 Å². The van der Waals surface area contributed by atoms with Gasteiger partial charge in [0.15, 0.2) is 4.98 Å². The average Bonchev–Trinajstić information content (AvgIpc) is 2.52. The first-order valence-electron chi connectivity index (χ1n) is 6.75. The predicted molar refractivity (Wildman–Crippen MR) is 86.7 cm³/mol. The third-order valence-electron chi connectivity index (χ3n) is 2.93. The standard InChI is InChI=1S/C15H16N3.H2O4S/c1-2-18(12-13-6-4-3-5-7-13)15-10-8-14(17-16)9-11-15;1-5(2,3)4/h3-11H,2,12H2,1H3;(H2,1,2,3,4)/q+1;/p-1. The van der Waals surface area contributed by atoms with Crippen molar-refractivity contribution in [1.29, 1.82) is 5.39 Å². The number of benzene rings is 2. The minimum absolute atomic E-state index is 0.578. The zero-order chi connectivity index (χ0) is 17.3. The third kappa shape index (κ3) is 7.92. The number of rotatable bonds is 4. The molecule has 0 amide bonds. The van der Waals surface area contributed by atoms with Crippen LogP contribution in [0.3, 0.4) is 0 Å². The molecule has 2 aromatic carbocycles. The molecule has 0 unspecified atom stereocenters. The Morgan fingerprint density at radius 2 is 1.65 bits per heavy atom. The van der Waals surface area contributed by atoms with Gasteiger partial charge in [-0.3, -0.25) is 4.55 Å². The Kier molecular flexibility index (Phi) is 7.15. The molecule has 0 fully saturated rings. The lowest BCUT2D eigenvalue weighted by atomic mass is 10.2. The molecule has 0 heterocycles. The van der Waals surface area contributed by atoms with Crippen molar-refractivity contribution in [3.8, 4) is 0 Å². The van der Waals surface area contributed by atoms with Gasteiger partial charge in [0, 0.05) is 30.9 Å². The van der Waals surface area contributed by atoms with Gasteiger partial charge in [-0.2, -0.15) is 0 Å². The number of nitrogens with zero attached hydrogens (tertiary/aromatic N) is 3. The molecule has 0 saturated carbocycles. The molecule has 1 N–H and O–H groups in total. The summed E-state index contributed by atoms with van der Waals surface area (Å²) in [6.07, 6.45) is 0. The van der Waals surface area contributed by atoms with E-state index in [1.807, 2.05) is 30.3 Å². The molecular formula is C15H17N3O4S. The Morgan fingerprint density at radius 3 is 2.09 bits per heavy atom. The second kappa shape index (κ2) is 8.85. The van der Waals surface area contributed by atoms with Gasteiger partial charge >= 0.3 is 5.69 Å². The number of hydrogen-bond acceptors (Lipinski definition) is 5. The summed E-state index contributed by atoms with van der Waals surface area (Å²) < 4.78 is 32.8. The van der Waals surface area contributed by atoms with Crippen LogP contribution in [0, 0.1) is 5.39 Å². The predicted octanol–water partition coefficient (Wildman–Crippen LogP) is 3.20. The highest BCUT2D eigenvalue weighted by Crippen LogP contribution is 2.21. The molecule has 122 valence electrons. The highest BCUT2D eigenvalue weighted by Gasteiger charge is 2.08. The first kappa shape index (κ1) is 18.6. The van der Waals surface area contributed by atoms with Crippen LogP contribution < -0.4 is 4.90 Å². The minimum Gasteiger partial charge on any atom is -0.726 e. The second-order valence-corrected chi connectivity index (χ2v) is 5.40. The molecular weight excluding hydrogens is 318 g/mol. The topological polar surface area (TPSA) is 109 Å². The molecule has 0 aliphatic rings. The van der Waals surface area contributed by atoms with Crippen molar-refractivity contribution in [2.75, 3.05) is 11.4 Å². The second-order valence-electron chi connectivity index (χ2n) is 4.54. The molecule has 0 bridgehead atoms. The molecule has 8 heteroatoms. The van der Waals surface area contributed by atoms with E-state index in [0.29, 0.717) is 5.69 Å². The van der Waals surface area contributed by atoms with Gasteiger partial charge in [0.25, 0.3) is 0 Å². The Balaban J connectivity index is 0.000000463. The maximum Gasteiger partial charge on any atom is 0.385 e. The van der Waals surface area contributed by atoms with Crippen LogP contribution in [0.15, 0.2) is 54.6 Å². The van der Waals surface area contributed by atoms with Crippen LogP contribution in [0.1, 0.15) is 12.5 Å². The summed E-state index contributed by atoms with van der Waals surface area (Å²) in [7, 11) is -4.92. The fraction of sp³-hybridized carbons (Fsp3) is 0.200. The molecule has 0 spiro atoms. The average molecular weight is 335 g/mol. The molecule has 0 atom stereocenters. The normalized spacial score (nSPS) is 10.2. The van der Waals surface area contributed by atoms with E-state index in [-0.39, 0.29) is 0 Å². The Hall–Kier alpha value is -2.47. The quantitative estimate of drug-likeness (QED) is 0.522. The van der Waals surface area contributed by atoms with Crippen LogP contribution >= 0.6 is 0 Å². The molecule has 0 saturated heterocycles. The number of hydrogen-bond donors (Lipinski definition) is 1. The van der Waals surface area contributed by atoms with Crippen LogP contribution in [0.25, 0.3) is 4.98 Å². The van der Waals surface area contributed by atoms with Gasteiger partial charge in [-0.1, -0.05) is 30.3 Å². The van der Waals surface area contributed by atoms with Gasteiger partial charge in [0.2, 0.25) is 15.8 Å². The minimum atomic E-state index is -4.92. The summed E-state index contributed by atoms with van der Waals surface area (Å²) in [5.41, 5.74) is 3.00. The van der Waals surface area contributed by atoms with E-state index in [2.05, 4.69) is 41.1 Å². The summed E-state index contributed by atoms with van der Waals surface area (Å²) >= 11 is 0. The summed E-state index contributed by atoms with van der Waals surface area (Å²) in [5.74, 6) is 0. The van der Waals surface area contributed by atoms with Gasteiger partial charge < -0.3 is 9.45 Å². The molecule has 0 radical (unpaired) electrons. The number of diazo groups is 1. The van der Waals surface area contributed by atoms with E-state index in [4.69, 9.17) is 22.9 Å². The van der Waals surface area contributed by atoms with Crippen molar-refractivity contribution >= 4 is 21.8 Å². The summed E-state index contributed by atoms with van der Waals surface area (Å²) in [6.45, 7) is 3.95. The Morgan fingerprint density at radius 1 is 1.13 bits per heavy atom. The van der Waals surface area contributed by atoms with Crippen LogP contribution in [-0.4, -0.2) is 24.1 Å². The SMILES string of the molecule is CCN(Cc1ccccc1)c1ccc([N+]#N)cc1.O=S(=O)([O-])O. The smallest absolute Gasteiger partial charge is 0.385 e. The fourth-order valence-electron chi connectivity index (χ4n) is 1.92. The Labute approximate surface area is 135 Å². The van der Waals surface area contributed by atoms with E-state index in [1.165, 1.54) is 5.56 Å². The van der Waals surface area contributed by atoms with Gasteiger partial charge in [0.05, 0.1) is 0 Å². The lowest BCUT2D eigenvalue weighted by Crippen LogP contribution is -2.21. The van der Waals surface area contributed by atoms with E-state index in [9.17, 15) is 0 Å². The van der Waals surface area contributed by atoms with Crippen molar-refractivity contribution in [3.05, 3.63) is 65.1 Å². The lowest BCUT2D eigenvalue weighted by molar-refractivity contribution is 0.366. The molecule has 0 aromatic heterocycles. The van der Waals surface area contributed by atoms with Crippen LogP contribution in [0.4, 0.5) is 11.4 Å². The van der Waals surface area contributed by atoms with E-state index in [1.54, 1.807) is 0 Å². The van der Waals surface area contributed by atoms with E-state index < -0.39 is 10.4 Å². The zero-order valence-corrected chi connectivity index (χ0v) is 13.3. The first-order chi connectivity index (χ1) is 10.8. The fourth-order valence-corrected chi connectivity index (χ4v) is 1.92. The highest BCUT2D eigenvalue weighted by molar-refractivity contribution is 7.79. The third-order valence-corrected chi connectivity index (χ3v) is 2.93. The molecule has 7 nitrogen and oxygen atoms in total. The van der Waals surface area contributed by atoms with Crippen molar-refractivity contribution in [2.24, 2.45) is 0 Å². The van der Waals surface area contributed by atoms with Crippen molar-refractivity contribution < 1.29 is 17.5 Å². The maximum atomic E-state index is 8.67. The zero-order valence-electron chi connectivity index (χ0n) is 12.5. The molecule has 2 rings (SSSR count). The summed E-state index contributed by atoms with van der Waals surface area (Å²) in [4.78, 5) is 5.44. The summed E-state index contributed by atoms with van der Waals surface area (Å²) in [6, 6.07) is 17.9.